The molecule has 1 atom stereocenters. The van der Waals surface area contributed by atoms with Crippen LogP contribution in [0.4, 0.5) is 5.69 Å². The molecule has 1 aliphatic heterocycles. The Labute approximate surface area is 141 Å². The predicted molar refractivity (Wildman–Crippen MR) is 93.9 cm³/mol. The zero-order valence-electron chi connectivity index (χ0n) is 13.7. The molecule has 0 saturated carbocycles. The smallest absolute Gasteiger partial charge is 0.251 e. The topological polar surface area (TPSA) is 75.4 Å². The fraction of sp³-hybridized carbons (Fsp3) is 0.263. The fourth-order valence-electron chi connectivity index (χ4n) is 2.99. The van der Waals surface area contributed by atoms with Crippen molar-refractivity contribution in [1.82, 2.24) is 5.32 Å². The van der Waals surface area contributed by atoms with Crippen molar-refractivity contribution in [3.63, 3.8) is 0 Å². The highest BCUT2D eigenvalue weighted by atomic mass is 16.2. The van der Waals surface area contributed by atoms with Crippen LogP contribution >= 0.6 is 0 Å². The van der Waals surface area contributed by atoms with Gasteiger partial charge in [0.25, 0.3) is 5.91 Å². The summed E-state index contributed by atoms with van der Waals surface area (Å²) in [7, 11) is 0. The van der Waals surface area contributed by atoms with Gasteiger partial charge in [-0.3, -0.25) is 9.59 Å². The van der Waals surface area contributed by atoms with E-state index in [0.717, 1.165) is 23.2 Å². The van der Waals surface area contributed by atoms with E-state index in [4.69, 9.17) is 5.73 Å². The lowest BCUT2D eigenvalue weighted by molar-refractivity contribution is -0.116. The number of nitrogens with one attached hydrogen (secondary N) is 1. The van der Waals surface area contributed by atoms with Crippen LogP contribution in [-0.4, -0.2) is 24.9 Å². The van der Waals surface area contributed by atoms with Gasteiger partial charge in [-0.25, -0.2) is 0 Å². The Balaban J connectivity index is 1.65. The Bertz CT molecular complexity index is 758. The number of carbonyl (C=O) groups excluding carboxylic acids is 2. The number of nitrogens with zero attached hydrogens (tertiary/aromatic N) is 1. The third-order valence-electron chi connectivity index (χ3n) is 4.33. The Kier molecular flexibility index (Phi) is 4.62. The number of fused-ring (bicyclic) bond motifs is 1. The third-order valence-corrected chi connectivity index (χ3v) is 4.33. The molecule has 0 aromatic heterocycles. The first-order chi connectivity index (χ1) is 11.6. The van der Waals surface area contributed by atoms with E-state index in [1.54, 1.807) is 17.9 Å². The highest BCUT2D eigenvalue weighted by molar-refractivity contribution is 5.97. The van der Waals surface area contributed by atoms with Crippen LogP contribution in [-0.2, 0) is 11.2 Å². The van der Waals surface area contributed by atoms with Gasteiger partial charge in [-0.05, 0) is 35.7 Å². The van der Waals surface area contributed by atoms with Crippen molar-refractivity contribution in [2.45, 2.75) is 19.4 Å². The first-order valence-corrected chi connectivity index (χ1v) is 8.06. The van der Waals surface area contributed by atoms with Gasteiger partial charge in [0.05, 0.1) is 0 Å². The lowest BCUT2D eigenvalue weighted by atomic mass is 10.1. The number of nitrogens with two attached hydrogens (primary N) is 1. The molecule has 0 bridgehead atoms. The maximum atomic E-state index is 12.3. The highest BCUT2D eigenvalue weighted by Crippen LogP contribution is 2.28. The monoisotopic (exact) mass is 323 g/mol. The summed E-state index contributed by atoms with van der Waals surface area (Å²) in [6, 6.07) is 14.9. The van der Waals surface area contributed by atoms with Gasteiger partial charge in [-0.15, -0.1) is 0 Å². The van der Waals surface area contributed by atoms with Crippen LogP contribution in [0.15, 0.2) is 48.5 Å². The number of hydrogen-bond donors (Lipinski definition) is 2. The highest BCUT2D eigenvalue weighted by Gasteiger charge is 2.23. The van der Waals surface area contributed by atoms with Crippen LogP contribution in [0.1, 0.15) is 34.5 Å². The first-order valence-electron chi connectivity index (χ1n) is 8.06. The van der Waals surface area contributed by atoms with Crippen LogP contribution in [0.3, 0.4) is 0 Å². The molecule has 3 N–H and O–H groups in total. The molecule has 2 aromatic carbocycles. The molecule has 1 unspecified atom stereocenters. The van der Waals surface area contributed by atoms with Crippen molar-refractivity contribution in [2.24, 2.45) is 5.73 Å². The van der Waals surface area contributed by atoms with E-state index < -0.39 is 0 Å². The van der Waals surface area contributed by atoms with E-state index in [1.807, 2.05) is 42.5 Å². The molecular formula is C19H21N3O2. The fourth-order valence-corrected chi connectivity index (χ4v) is 2.99. The van der Waals surface area contributed by atoms with Crippen molar-refractivity contribution in [2.75, 3.05) is 18.0 Å². The Morgan fingerprint density at radius 2 is 1.96 bits per heavy atom. The van der Waals surface area contributed by atoms with E-state index in [1.165, 1.54) is 0 Å². The second-order valence-corrected chi connectivity index (χ2v) is 5.99. The SMILES string of the molecule is CC(=O)N1CCc2cc(C(=O)NCC(N)c3ccccc3)ccc21. The molecule has 2 aromatic rings. The zero-order chi connectivity index (χ0) is 17.1. The molecule has 0 aliphatic carbocycles. The summed E-state index contributed by atoms with van der Waals surface area (Å²) in [4.78, 5) is 25.7. The van der Waals surface area contributed by atoms with E-state index in [0.29, 0.717) is 18.7 Å². The Morgan fingerprint density at radius 1 is 1.21 bits per heavy atom. The molecule has 1 heterocycles. The van der Waals surface area contributed by atoms with Crippen molar-refractivity contribution in [3.05, 3.63) is 65.2 Å². The minimum absolute atomic E-state index is 0.0276. The normalized spacial score (nSPS) is 14.2. The number of benzene rings is 2. The summed E-state index contributed by atoms with van der Waals surface area (Å²) in [5.41, 5.74) is 9.63. The van der Waals surface area contributed by atoms with Gasteiger partial charge in [-0.1, -0.05) is 30.3 Å². The number of rotatable bonds is 4. The Hall–Kier alpha value is -2.66. The van der Waals surface area contributed by atoms with Gasteiger partial charge >= 0.3 is 0 Å². The second kappa shape index (κ2) is 6.84. The zero-order valence-corrected chi connectivity index (χ0v) is 13.7. The van der Waals surface area contributed by atoms with E-state index in [9.17, 15) is 9.59 Å². The first kappa shape index (κ1) is 16.2. The molecule has 0 saturated heterocycles. The van der Waals surface area contributed by atoms with Crippen LogP contribution in [0.2, 0.25) is 0 Å². The quantitative estimate of drug-likeness (QED) is 0.904. The Morgan fingerprint density at radius 3 is 2.67 bits per heavy atom. The molecule has 0 fully saturated rings. The number of hydrogen-bond acceptors (Lipinski definition) is 3. The lowest BCUT2D eigenvalue weighted by Crippen LogP contribution is -2.32. The minimum Gasteiger partial charge on any atom is -0.350 e. The van der Waals surface area contributed by atoms with Crippen LogP contribution in [0, 0.1) is 0 Å². The van der Waals surface area contributed by atoms with Crippen molar-refractivity contribution in [3.8, 4) is 0 Å². The largest absolute Gasteiger partial charge is 0.350 e. The summed E-state index contributed by atoms with van der Waals surface area (Å²) in [6.45, 7) is 2.61. The summed E-state index contributed by atoms with van der Waals surface area (Å²) < 4.78 is 0. The van der Waals surface area contributed by atoms with Gasteiger partial charge in [-0.2, -0.15) is 0 Å². The minimum atomic E-state index is -0.238. The van der Waals surface area contributed by atoms with Crippen molar-refractivity contribution < 1.29 is 9.59 Å². The average Bonchev–Trinajstić information content (AvgIpc) is 3.03. The second-order valence-electron chi connectivity index (χ2n) is 5.99. The molecule has 124 valence electrons. The summed E-state index contributed by atoms with van der Waals surface area (Å²) in [5.74, 6) is -0.120. The van der Waals surface area contributed by atoms with Gasteiger partial charge in [0.2, 0.25) is 5.91 Å². The third kappa shape index (κ3) is 3.31. The van der Waals surface area contributed by atoms with Crippen LogP contribution in [0.5, 0.6) is 0 Å². The van der Waals surface area contributed by atoms with Gasteiger partial charge in [0, 0.05) is 37.3 Å². The van der Waals surface area contributed by atoms with E-state index in [2.05, 4.69) is 5.32 Å². The maximum Gasteiger partial charge on any atom is 0.251 e. The van der Waals surface area contributed by atoms with E-state index >= 15 is 0 Å². The van der Waals surface area contributed by atoms with Gasteiger partial charge < -0.3 is 16.0 Å². The molecular weight excluding hydrogens is 302 g/mol. The lowest BCUT2D eigenvalue weighted by Gasteiger charge is -2.15. The molecule has 3 rings (SSSR count). The predicted octanol–water partition coefficient (Wildman–Crippen LogP) is 2.03. The molecule has 5 heteroatoms. The van der Waals surface area contributed by atoms with Crippen LogP contribution < -0.4 is 16.0 Å². The summed E-state index contributed by atoms with van der Waals surface area (Å²) in [6.07, 6.45) is 0.777. The molecule has 5 nitrogen and oxygen atoms in total. The summed E-state index contributed by atoms with van der Waals surface area (Å²) in [5, 5.41) is 2.88. The van der Waals surface area contributed by atoms with Gasteiger partial charge in [0.15, 0.2) is 0 Å². The van der Waals surface area contributed by atoms with Crippen LogP contribution in [0.25, 0.3) is 0 Å². The summed E-state index contributed by atoms with van der Waals surface area (Å²) >= 11 is 0. The molecule has 2 amide bonds. The molecule has 1 aliphatic rings. The van der Waals surface area contributed by atoms with Crippen molar-refractivity contribution in [1.29, 1.82) is 0 Å². The maximum absolute atomic E-state index is 12.3. The standard InChI is InChI=1S/C19H21N3O2/c1-13(23)22-10-9-15-11-16(7-8-18(15)22)19(24)21-12-17(20)14-5-3-2-4-6-14/h2-8,11,17H,9-10,12,20H2,1H3,(H,21,24). The average molecular weight is 323 g/mol. The molecule has 24 heavy (non-hydrogen) atoms. The van der Waals surface area contributed by atoms with Crippen molar-refractivity contribution >= 4 is 17.5 Å². The van der Waals surface area contributed by atoms with Gasteiger partial charge in [0.1, 0.15) is 0 Å². The van der Waals surface area contributed by atoms with E-state index in [-0.39, 0.29) is 17.9 Å². The number of anilines is 1. The number of amides is 2. The number of carbonyl (C=O) groups is 2. The molecule has 0 spiro atoms. The molecule has 0 radical (unpaired) electrons.